The average molecular weight is 531 g/mol. The van der Waals surface area contributed by atoms with E-state index < -0.39 is 0 Å². The normalized spacial score (nSPS) is 16.6. The Morgan fingerprint density at radius 3 is 2.55 bits per heavy atom. The number of aromatic nitrogens is 1. The number of carbonyl (C=O) groups is 1. The summed E-state index contributed by atoms with van der Waals surface area (Å²) in [6, 6.07) is 18.8. The first-order chi connectivity index (χ1) is 18.1. The number of pyridine rings is 1. The topological polar surface area (TPSA) is 60.9 Å². The maximum Gasteiger partial charge on any atom is 0.339 e. The Morgan fingerprint density at radius 2 is 1.82 bits per heavy atom. The van der Waals surface area contributed by atoms with Crippen molar-refractivity contribution in [3.8, 4) is 22.6 Å². The highest BCUT2D eigenvalue weighted by atomic mass is 35.5. The van der Waals surface area contributed by atoms with E-state index in [4.69, 9.17) is 19.2 Å². The van der Waals surface area contributed by atoms with Gasteiger partial charge in [-0.05, 0) is 66.4 Å². The summed E-state index contributed by atoms with van der Waals surface area (Å²) in [6.07, 6.45) is 4.20. The molecule has 2 aliphatic heterocycles. The van der Waals surface area contributed by atoms with Crippen LogP contribution in [0.15, 0.2) is 60.8 Å². The molecule has 196 valence electrons. The highest BCUT2D eigenvalue weighted by Crippen LogP contribution is 2.42. The number of cyclic esters (lactones) is 1. The fourth-order valence-corrected chi connectivity index (χ4v) is 5.75. The van der Waals surface area contributed by atoms with Crippen molar-refractivity contribution in [1.82, 2.24) is 4.98 Å². The van der Waals surface area contributed by atoms with E-state index in [1.807, 2.05) is 24.4 Å². The third-order valence-corrected chi connectivity index (χ3v) is 7.58. The molecule has 0 aliphatic carbocycles. The zero-order valence-electron chi connectivity index (χ0n) is 21.8. The molecule has 1 fully saturated rings. The second-order valence-electron chi connectivity index (χ2n) is 9.89. The van der Waals surface area contributed by atoms with Gasteiger partial charge in [0.1, 0.15) is 12.4 Å². The highest BCUT2D eigenvalue weighted by molar-refractivity contribution is 6.11. The fourth-order valence-electron chi connectivity index (χ4n) is 5.75. The molecule has 0 saturated carbocycles. The van der Waals surface area contributed by atoms with Gasteiger partial charge in [0.25, 0.3) is 0 Å². The second kappa shape index (κ2) is 10.5. The van der Waals surface area contributed by atoms with Crippen molar-refractivity contribution in [3.63, 3.8) is 0 Å². The van der Waals surface area contributed by atoms with Crippen LogP contribution in [0, 0.1) is 6.92 Å². The number of nitrogens with zero attached hydrogens (tertiary/aromatic N) is 2. The molecule has 0 spiro atoms. The minimum atomic E-state index is -0.303. The maximum absolute atomic E-state index is 12.8. The summed E-state index contributed by atoms with van der Waals surface area (Å²) in [7, 11) is 3.24. The number of halogens is 1. The maximum atomic E-state index is 12.8. The van der Waals surface area contributed by atoms with Crippen LogP contribution in [0.2, 0.25) is 0 Å². The van der Waals surface area contributed by atoms with Gasteiger partial charge in [0.15, 0.2) is 11.5 Å². The Morgan fingerprint density at radius 1 is 1.00 bits per heavy atom. The van der Waals surface area contributed by atoms with Gasteiger partial charge in [-0.2, -0.15) is 0 Å². The molecule has 38 heavy (non-hydrogen) atoms. The molecule has 0 bridgehead atoms. The Hall–Kier alpha value is -3.77. The first-order valence-electron chi connectivity index (χ1n) is 12.7. The zero-order chi connectivity index (χ0) is 25.5. The zero-order valence-corrected chi connectivity index (χ0v) is 22.6. The van der Waals surface area contributed by atoms with Crippen LogP contribution in [-0.4, -0.2) is 38.3 Å². The summed E-state index contributed by atoms with van der Waals surface area (Å²) in [6.45, 7) is 4.35. The molecular formula is C31H31ClN2O4. The number of methoxy groups -OCH3 is 2. The van der Waals surface area contributed by atoms with E-state index in [0.717, 1.165) is 52.8 Å². The van der Waals surface area contributed by atoms with Crippen LogP contribution in [0.4, 0.5) is 5.82 Å². The molecule has 1 atom stereocenters. The molecule has 2 aliphatic rings. The van der Waals surface area contributed by atoms with Crippen molar-refractivity contribution in [2.75, 3.05) is 32.2 Å². The summed E-state index contributed by atoms with van der Waals surface area (Å²) in [5, 5.41) is 1.87. The van der Waals surface area contributed by atoms with Crippen LogP contribution in [0.3, 0.4) is 0 Å². The molecule has 0 radical (unpaired) electrons. The largest absolute Gasteiger partial charge is 0.493 e. The van der Waals surface area contributed by atoms with Gasteiger partial charge in [-0.3, -0.25) is 0 Å². The predicted octanol–water partition coefficient (Wildman–Crippen LogP) is 6.70. The first-order valence-corrected chi connectivity index (χ1v) is 12.7. The number of esters is 1. The van der Waals surface area contributed by atoms with Crippen LogP contribution in [0.25, 0.3) is 21.9 Å². The number of benzene rings is 3. The Labute approximate surface area is 228 Å². The van der Waals surface area contributed by atoms with Gasteiger partial charge >= 0.3 is 5.97 Å². The van der Waals surface area contributed by atoms with Crippen LogP contribution in [0.5, 0.6) is 11.5 Å². The molecule has 6 nitrogen and oxygen atoms in total. The van der Waals surface area contributed by atoms with Crippen LogP contribution in [0.1, 0.15) is 45.8 Å². The summed E-state index contributed by atoms with van der Waals surface area (Å²) in [5.74, 6) is 2.41. The SMILES string of the molecule is COc1cc2cc3c(c(-c4ccc(N5CCCC(c6cccc(C)c6)C5)nc4)c2cc1OC)C(=O)OC3.Cl. The average Bonchev–Trinajstić information content (AvgIpc) is 3.31. The first kappa shape index (κ1) is 25.9. The Balaban J connectivity index is 0.00000294. The van der Waals surface area contributed by atoms with E-state index in [0.29, 0.717) is 23.0 Å². The minimum absolute atomic E-state index is 0. The standard InChI is InChI=1S/C31H30N2O4.ClH/c1-19-6-4-7-20(12-19)22-8-5-11-33(17-22)28-10-9-21(16-32-28)29-25-15-27(36-3)26(35-2)14-23(25)13-24-18-37-31(34)30(24)29;/h4,6-7,9-10,12-16,22H,5,8,11,17-18H2,1-3H3;1H. The molecule has 0 amide bonds. The van der Waals surface area contributed by atoms with Gasteiger partial charge in [0, 0.05) is 41.9 Å². The number of rotatable bonds is 5. The van der Waals surface area contributed by atoms with Gasteiger partial charge in [-0.1, -0.05) is 29.8 Å². The van der Waals surface area contributed by atoms with Gasteiger partial charge in [0.2, 0.25) is 0 Å². The molecule has 1 aromatic heterocycles. The fraction of sp³-hybridized carbons (Fsp3) is 0.290. The van der Waals surface area contributed by atoms with E-state index in [-0.39, 0.29) is 25.0 Å². The second-order valence-corrected chi connectivity index (χ2v) is 9.89. The molecule has 1 saturated heterocycles. The monoisotopic (exact) mass is 530 g/mol. The Kier molecular flexibility index (Phi) is 7.17. The molecule has 4 aromatic rings. The minimum Gasteiger partial charge on any atom is -0.493 e. The van der Waals surface area contributed by atoms with Crippen molar-refractivity contribution >= 4 is 35.0 Å². The molecule has 7 heteroatoms. The number of aryl methyl sites for hydroxylation is 1. The van der Waals surface area contributed by atoms with E-state index >= 15 is 0 Å². The lowest BCUT2D eigenvalue weighted by atomic mass is 9.89. The highest BCUT2D eigenvalue weighted by Gasteiger charge is 2.29. The molecule has 6 rings (SSSR count). The molecular weight excluding hydrogens is 500 g/mol. The van der Waals surface area contributed by atoms with Crippen molar-refractivity contribution < 1.29 is 19.0 Å². The van der Waals surface area contributed by atoms with Crippen molar-refractivity contribution in [2.45, 2.75) is 32.3 Å². The van der Waals surface area contributed by atoms with Gasteiger partial charge in [-0.15, -0.1) is 12.4 Å². The smallest absolute Gasteiger partial charge is 0.339 e. The van der Waals surface area contributed by atoms with Crippen molar-refractivity contribution in [3.05, 3.63) is 83.0 Å². The van der Waals surface area contributed by atoms with Gasteiger partial charge < -0.3 is 19.1 Å². The predicted molar refractivity (Wildman–Crippen MR) is 152 cm³/mol. The van der Waals surface area contributed by atoms with E-state index in [1.165, 1.54) is 17.5 Å². The number of hydrogen-bond donors (Lipinski definition) is 0. The third-order valence-electron chi connectivity index (χ3n) is 7.58. The lowest BCUT2D eigenvalue weighted by molar-refractivity contribution is 0.0535. The van der Waals surface area contributed by atoms with Crippen LogP contribution < -0.4 is 14.4 Å². The molecule has 1 unspecified atom stereocenters. The number of anilines is 1. The quantitative estimate of drug-likeness (QED) is 0.267. The summed E-state index contributed by atoms with van der Waals surface area (Å²) < 4.78 is 16.5. The summed E-state index contributed by atoms with van der Waals surface area (Å²) >= 11 is 0. The number of piperidine rings is 1. The van der Waals surface area contributed by atoms with Gasteiger partial charge in [0.05, 0.1) is 19.8 Å². The number of fused-ring (bicyclic) bond motifs is 2. The molecule has 3 heterocycles. The van der Waals surface area contributed by atoms with Crippen LogP contribution in [-0.2, 0) is 11.3 Å². The number of carbonyl (C=O) groups excluding carboxylic acids is 1. The van der Waals surface area contributed by atoms with Gasteiger partial charge in [-0.25, -0.2) is 9.78 Å². The molecule has 3 aromatic carbocycles. The molecule has 0 N–H and O–H groups in total. The summed E-state index contributed by atoms with van der Waals surface area (Å²) in [4.78, 5) is 20.0. The van der Waals surface area contributed by atoms with E-state index in [9.17, 15) is 4.79 Å². The van der Waals surface area contributed by atoms with E-state index in [2.05, 4.69) is 48.2 Å². The Bertz CT molecular complexity index is 1500. The number of hydrogen-bond acceptors (Lipinski definition) is 6. The summed E-state index contributed by atoms with van der Waals surface area (Å²) in [5.41, 5.74) is 5.88. The van der Waals surface area contributed by atoms with Crippen molar-refractivity contribution in [1.29, 1.82) is 0 Å². The third kappa shape index (κ3) is 4.54. The lowest BCUT2D eigenvalue weighted by Gasteiger charge is -2.34. The van der Waals surface area contributed by atoms with E-state index in [1.54, 1.807) is 14.2 Å². The lowest BCUT2D eigenvalue weighted by Crippen LogP contribution is -2.34. The number of ether oxygens (including phenoxy) is 3. The van der Waals surface area contributed by atoms with Crippen LogP contribution >= 0.6 is 12.4 Å². The van der Waals surface area contributed by atoms with Crippen molar-refractivity contribution in [2.24, 2.45) is 0 Å².